The fourth-order valence-corrected chi connectivity index (χ4v) is 2.57. The number of nitrogen functional groups attached to an aromatic ring is 1. The van der Waals surface area contributed by atoms with E-state index in [2.05, 4.69) is 4.98 Å². The molecular formula is C13H15N3O2S. The van der Waals surface area contributed by atoms with Gasteiger partial charge in [-0.1, -0.05) is 6.07 Å². The van der Waals surface area contributed by atoms with E-state index in [1.807, 2.05) is 24.3 Å². The summed E-state index contributed by atoms with van der Waals surface area (Å²) in [6.07, 6.45) is 0. The molecule has 0 amide bonds. The molecule has 0 radical (unpaired) electrons. The van der Waals surface area contributed by atoms with Crippen molar-refractivity contribution in [3.63, 3.8) is 0 Å². The van der Waals surface area contributed by atoms with Crippen LogP contribution in [0.4, 0.5) is 11.4 Å². The van der Waals surface area contributed by atoms with Crippen LogP contribution < -0.4 is 10.6 Å². The van der Waals surface area contributed by atoms with Gasteiger partial charge in [0, 0.05) is 12.4 Å². The number of hydrogen-bond acceptors (Lipinski definition) is 5. The summed E-state index contributed by atoms with van der Waals surface area (Å²) in [4.78, 5) is 17.4. The number of carboxylic acids is 1. The Balaban J connectivity index is 2.32. The largest absolute Gasteiger partial charge is 0.478 e. The van der Waals surface area contributed by atoms with E-state index >= 15 is 0 Å². The molecule has 6 heteroatoms. The third-order valence-electron chi connectivity index (χ3n) is 2.75. The Morgan fingerprint density at radius 3 is 2.84 bits per heavy atom. The Bertz CT molecular complexity index is 610. The van der Waals surface area contributed by atoms with Gasteiger partial charge in [-0.15, -0.1) is 11.3 Å². The molecule has 3 N–H and O–H groups in total. The van der Waals surface area contributed by atoms with E-state index in [-0.39, 0.29) is 5.56 Å². The van der Waals surface area contributed by atoms with Crippen molar-refractivity contribution in [1.82, 2.24) is 4.98 Å². The number of aromatic nitrogens is 1. The first-order chi connectivity index (χ1) is 8.99. The molecule has 0 atom stereocenters. The van der Waals surface area contributed by atoms with Gasteiger partial charge in [-0.2, -0.15) is 0 Å². The van der Waals surface area contributed by atoms with Crippen LogP contribution in [0.2, 0.25) is 0 Å². The average Bonchev–Trinajstić information content (AvgIpc) is 2.74. The molecule has 0 spiro atoms. The van der Waals surface area contributed by atoms with Crippen LogP contribution >= 0.6 is 11.3 Å². The summed E-state index contributed by atoms with van der Waals surface area (Å²) in [5.41, 5.74) is 7.99. The van der Waals surface area contributed by atoms with E-state index in [1.165, 1.54) is 0 Å². The molecule has 1 heterocycles. The monoisotopic (exact) mass is 277 g/mol. The van der Waals surface area contributed by atoms with Crippen molar-refractivity contribution in [2.45, 2.75) is 13.5 Å². The number of thiazole rings is 1. The molecule has 0 fully saturated rings. The van der Waals surface area contributed by atoms with Gasteiger partial charge in [0.05, 0.1) is 34.2 Å². The molecule has 0 unspecified atom stereocenters. The molecule has 0 saturated carbocycles. The van der Waals surface area contributed by atoms with Crippen LogP contribution in [0, 0.1) is 6.92 Å². The van der Waals surface area contributed by atoms with E-state index in [4.69, 9.17) is 5.73 Å². The Kier molecular flexibility index (Phi) is 3.71. The fraction of sp³-hybridized carbons (Fsp3) is 0.231. The normalized spacial score (nSPS) is 10.4. The van der Waals surface area contributed by atoms with Gasteiger partial charge in [0.1, 0.15) is 0 Å². The maximum Gasteiger partial charge on any atom is 0.337 e. The number of aromatic carboxylic acids is 1. The Morgan fingerprint density at radius 1 is 1.53 bits per heavy atom. The van der Waals surface area contributed by atoms with Crippen molar-refractivity contribution in [1.29, 1.82) is 0 Å². The summed E-state index contributed by atoms with van der Waals surface area (Å²) in [5.74, 6) is -0.983. The highest BCUT2D eigenvalue weighted by molar-refractivity contribution is 7.09. The lowest BCUT2D eigenvalue weighted by Gasteiger charge is -2.22. The number of aryl methyl sites for hydroxylation is 1. The molecule has 2 aromatic rings. The van der Waals surface area contributed by atoms with E-state index < -0.39 is 5.97 Å². The van der Waals surface area contributed by atoms with Crippen molar-refractivity contribution >= 4 is 28.7 Å². The van der Waals surface area contributed by atoms with Crippen molar-refractivity contribution < 1.29 is 9.90 Å². The summed E-state index contributed by atoms with van der Waals surface area (Å²) in [7, 11) is 1.81. The second-order valence-corrected chi connectivity index (χ2v) is 5.32. The minimum absolute atomic E-state index is 0.203. The molecule has 0 aliphatic carbocycles. The van der Waals surface area contributed by atoms with Crippen LogP contribution in [0.5, 0.6) is 0 Å². The van der Waals surface area contributed by atoms with Gasteiger partial charge in [-0.3, -0.25) is 0 Å². The number of carbonyl (C=O) groups is 1. The summed E-state index contributed by atoms with van der Waals surface area (Å²) in [6, 6.07) is 4.89. The number of hydrogen-bond donors (Lipinski definition) is 2. The first kappa shape index (κ1) is 13.4. The van der Waals surface area contributed by atoms with E-state index in [0.29, 0.717) is 17.9 Å². The average molecular weight is 277 g/mol. The molecule has 0 bridgehead atoms. The van der Waals surface area contributed by atoms with Crippen molar-refractivity contribution in [3.05, 3.63) is 39.8 Å². The van der Waals surface area contributed by atoms with Gasteiger partial charge in [-0.05, 0) is 19.1 Å². The Labute approximate surface area is 115 Å². The quantitative estimate of drug-likeness (QED) is 0.839. The molecule has 0 saturated heterocycles. The number of carboxylic acid groups (broad SMARTS) is 1. The lowest BCUT2D eigenvalue weighted by Crippen LogP contribution is -2.21. The first-order valence-corrected chi connectivity index (χ1v) is 6.61. The molecule has 0 aliphatic rings. The molecule has 0 aliphatic heterocycles. The molecule has 5 nitrogen and oxygen atoms in total. The van der Waals surface area contributed by atoms with Crippen LogP contribution in [0.3, 0.4) is 0 Å². The molecule has 1 aromatic carbocycles. The zero-order valence-corrected chi connectivity index (χ0v) is 11.6. The van der Waals surface area contributed by atoms with Crippen LogP contribution in [-0.4, -0.2) is 23.1 Å². The number of rotatable bonds is 4. The number of para-hydroxylation sites is 1. The smallest absolute Gasteiger partial charge is 0.337 e. The predicted octanol–water partition coefficient (Wildman–Crippen LogP) is 2.37. The van der Waals surface area contributed by atoms with Crippen LogP contribution in [0.1, 0.15) is 21.1 Å². The molecule has 100 valence electrons. The Morgan fingerprint density at radius 2 is 2.26 bits per heavy atom. The van der Waals surface area contributed by atoms with Gasteiger partial charge >= 0.3 is 5.97 Å². The number of benzene rings is 1. The van der Waals surface area contributed by atoms with E-state index in [9.17, 15) is 9.90 Å². The second-order valence-electron chi connectivity index (χ2n) is 4.26. The highest BCUT2D eigenvalue weighted by Gasteiger charge is 2.17. The first-order valence-electron chi connectivity index (χ1n) is 5.73. The van der Waals surface area contributed by atoms with Gasteiger partial charge in [0.2, 0.25) is 0 Å². The number of anilines is 2. The molecule has 2 rings (SSSR count). The van der Waals surface area contributed by atoms with Crippen molar-refractivity contribution in [2.75, 3.05) is 17.7 Å². The van der Waals surface area contributed by atoms with Crippen LogP contribution in [0.15, 0.2) is 23.6 Å². The summed E-state index contributed by atoms with van der Waals surface area (Å²) in [5, 5.41) is 12.2. The van der Waals surface area contributed by atoms with Crippen LogP contribution in [0.25, 0.3) is 0 Å². The summed E-state index contributed by atoms with van der Waals surface area (Å²) < 4.78 is 0. The second kappa shape index (κ2) is 5.27. The van der Waals surface area contributed by atoms with Crippen LogP contribution in [-0.2, 0) is 6.54 Å². The fourth-order valence-electron chi connectivity index (χ4n) is 1.96. The van der Waals surface area contributed by atoms with E-state index in [1.54, 1.807) is 29.5 Å². The SMILES string of the molecule is Cc1nc(CN(C)c2c(N)cccc2C(=O)O)cs1. The van der Waals surface area contributed by atoms with Gasteiger partial charge in [0.15, 0.2) is 0 Å². The Hall–Kier alpha value is -2.08. The zero-order chi connectivity index (χ0) is 14.0. The predicted molar refractivity (Wildman–Crippen MR) is 76.8 cm³/mol. The van der Waals surface area contributed by atoms with E-state index in [0.717, 1.165) is 10.7 Å². The summed E-state index contributed by atoms with van der Waals surface area (Å²) in [6.45, 7) is 2.46. The minimum atomic E-state index is -0.983. The maximum atomic E-state index is 11.2. The molecule has 1 aromatic heterocycles. The molecule has 19 heavy (non-hydrogen) atoms. The molecular weight excluding hydrogens is 262 g/mol. The topological polar surface area (TPSA) is 79.5 Å². The zero-order valence-electron chi connectivity index (χ0n) is 10.8. The third-order valence-corrected chi connectivity index (χ3v) is 3.57. The van der Waals surface area contributed by atoms with Crippen molar-refractivity contribution in [2.24, 2.45) is 0 Å². The minimum Gasteiger partial charge on any atom is -0.478 e. The highest BCUT2D eigenvalue weighted by Crippen LogP contribution is 2.28. The summed E-state index contributed by atoms with van der Waals surface area (Å²) >= 11 is 1.57. The number of nitrogens with two attached hydrogens (primary N) is 1. The lowest BCUT2D eigenvalue weighted by atomic mass is 10.1. The van der Waals surface area contributed by atoms with Crippen molar-refractivity contribution in [3.8, 4) is 0 Å². The number of nitrogens with zero attached hydrogens (tertiary/aromatic N) is 2. The highest BCUT2D eigenvalue weighted by atomic mass is 32.1. The maximum absolute atomic E-state index is 11.2. The lowest BCUT2D eigenvalue weighted by molar-refractivity contribution is 0.0697. The van der Waals surface area contributed by atoms with Gasteiger partial charge in [-0.25, -0.2) is 9.78 Å². The van der Waals surface area contributed by atoms with Gasteiger partial charge < -0.3 is 15.7 Å². The third kappa shape index (κ3) is 2.85. The standard InChI is InChI=1S/C13H15N3O2S/c1-8-15-9(7-19-8)6-16(2)12-10(13(17)18)4-3-5-11(12)14/h3-5,7H,6,14H2,1-2H3,(H,17,18). The van der Waals surface area contributed by atoms with Gasteiger partial charge in [0.25, 0.3) is 0 Å².